The maximum Gasteiger partial charge on any atom is 0.281 e. The van der Waals surface area contributed by atoms with E-state index in [0.29, 0.717) is 27.8 Å². The molecule has 0 aliphatic carbocycles. The molecule has 112 valence electrons. The van der Waals surface area contributed by atoms with E-state index in [9.17, 15) is 10.0 Å². The van der Waals surface area contributed by atoms with E-state index in [1.165, 1.54) is 6.92 Å². The molecule has 0 unspecified atom stereocenters. The number of nitrogens with zero attached hydrogens (tertiary/aromatic N) is 2. The van der Waals surface area contributed by atoms with Gasteiger partial charge in [0.25, 0.3) is 5.91 Å². The average Bonchev–Trinajstić information content (AvgIpc) is 2.90. The number of aromatic nitrogens is 1. The van der Waals surface area contributed by atoms with Crippen LogP contribution in [0.2, 0.25) is 5.02 Å². The molecule has 0 saturated heterocycles. The maximum absolute atomic E-state index is 10.9. The molecule has 0 spiro atoms. The lowest BCUT2D eigenvalue weighted by molar-refractivity contribution is -0.263. The minimum atomic E-state index is -0.625. The zero-order valence-corrected chi connectivity index (χ0v) is 12.2. The second-order valence-corrected chi connectivity index (χ2v) is 4.98. The number of benzene rings is 2. The summed E-state index contributed by atoms with van der Waals surface area (Å²) < 4.78 is 5.64. The minimum absolute atomic E-state index is 0.163. The number of hydroxylamine groups is 2. The molecule has 3 rings (SSSR count). The molecule has 3 aromatic rings. The summed E-state index contributed by atoms with van der Waals surface area (Å²) in [4.78, 5) is 20.1. The molecule has 0 aliphatic rings. The van der Waals surface area contributed by atoms with Crippen molar-refractivity contribution in [3.05, 3.63) is 47.5 Å². The second kappa shape index (κ2) is 5.67. The summed E-state index contributed by atoms with van der Waals surface area (Å²) in [6, 6.07) is 11.8. The zero-order chi connectivity index (χ0) is 15.7. The number of oxazole rings is 1. The highest BCUT2D eigenvalue weighted by Gasteiger charge is 2.10. The van der Waals surface area contributed by atoms with Crippen LogP contribution in [-0.2, 0) is 4.79 Å². The number of amides is 1. The van der Waals surface area contributed by atoms with Gasteiger partial charge in [0.1, 0.15) is 5.52 Å². The standard InChI is InChI=1S/C15H11ClN2O4/c1-9(19)18(20)22-12-5-2-10(3-6-12)15-17-13-8-11(16)4-7-14(13)21-15/h2-8,20H,1H3. The molecular formula is C15H11ClN2O4. The number of hydrogen-bond donors (Lipinski definition) is 1. The van der Waals surface area contributed by atoms with Gasteiger partial charge in [-0.25, -0.2) is 4.98 Å². The van der Waals surface area contributed by atoms with E-state index in [1.807, 2.05) is 0 Å². The Balaban J connectivity index is 1.86. The monoisotopic (exact) mass is 318 g/mol. The van der Waals surface area contributed by atoms with E-state index in [-0.39, 0.29) is 5.23 Å². The highest BCUT2D eigenvalue weighted by Crippen LogP contribution is 2.27. The Bertz CT molecular complexity index is 829. The topological polar surface area (TPSA) is 75.8 Å². The Hall–Kier alpha value is -2.57. The molecule has 0 radical (unpaired) electrons. The number of fused-ring (bicyclic) bond motifs is 1. The highest BCUT2D eigenvalue weighted by molar-refractivity contribution is 6.31. The first kappa shape index (κ1) is 14.4. The number of carbonyl (C=O) groups excluding carboxylic acids is 1. The van der Waals surface area contributed by atoms with Crippen LogP contribution in [0.1, 0.15) is 6.92 Å². The van der Waals surface area contributed by atoms with Gasteiger partial charge >= 0.3 is 0 Å². The maximum atomic E-state index is 10.9. The van der Waals surface area contributed by atoms with Crippen molar-refractivity contribution >= 4 is 28.6 Å². The van der Waals surface area contributed by atoms with Gasteiger partial charge in [0.15, 0.2) is 11.3 Å². The average molecular weight is 319 g/mol. The van der Waals surface area contributed by atoms with Crippen molar-refractivity contribution in [2.75, 3.05) is 0 Å². The van der Waals surface area contributed by atoms with Crippen LogP contribution in [0.15, 0.2) is 46.9 Å². The molecule has 22 heavy (non-hydrogen) atoms. The van der Waals surface area contributed by atoms with E-state index in [2.05, 4.69) is 4.98 Å². The fourth-order valence-corrected chi connectivity index (χ4v) is 2.01. The molecule has 0 saturated carbocycles. The predicted molar refractivity (Wildman–Crippen MR) is 79.4 cm³/mol. The summed E-state index contributed by atoms with van der Waals surface area (Å²) in [6.45, 7) is 1.18. The normalized spacial score (nSPS) is 10.7. The summed E-state index contributed by atoms with van der Waals surface area (Å²) in [7, 11) is 0. The van der Waals surface area contributed by atoms with Crippen molar-refractivity contribution in [3.8, 4) is 17.2 Å². The quantitative estimate of drug-likeness (QED) is 0.589. The van der Waals surface area contributed by atoms with E-state index in [0.717, 1.165) is 5.56 Å². The van der Waals surface area contributed by atoms with Gasteiger partial charge in [-0.3, -0.25) is 10.0 Å². The van der Waals surface area contributed by atoms with Gasteiger partial charge in [-0.1, -0.05) is 11.6 Å². The summed E-state index contributed by atoms with van der Waals surface area (Å²) in [5.74, 6) is 0.122. The number of hydrogen-bond acceptors (Lipinski definition) is 5. The van der Waals surface area contributed by atoms with Gasteiger partial charge in [-0.15, -0.1) is 0 Å². The Kier molecular flexibility index (Phi) is 3.70. The van der Waals surface area contributed by atoms with Crippen LogP contribution < -0.4 is 4.84 Å². The second-order valence-electron chi connectivity index (χ2n) is 4.54. The van der Waals surface area contributed by atoms with Gasteiger partial charge < -0.3 is 9.25 Å². The van der Waals surface area contributed by atoms with Crippen molar-refractivity contribution in [2.45, 2.75) is 6.92 Å². The smallest absolute Gasteiger partial charge is 0.281 e. The van der Waals surface area contributed by atoms with Gasteiger partial charge in [-0.05, 0) is 47.7 Å². The molecule has 1 amide bonds. The van der Waals surface area contributed by atoms with Crippen molar-refractivity contribution in [1.29, 1.82) is 0 Å². The molecule has 0 atom stereocenters. The van der Waals surface area contributed by atoms with Crippen molar-refractivity contribution in [1.82, 2.24) is 10.2 Å². The van der Waals surface area contributed by atoms with Crippen molar-refractivity contribution in [2.24, 2.45) is 0 Å². The van der Waals surface area contributed by atoms with Gasteiger partial charge in [-0.2, -0.15) is 0 Å². The van der Waals surface area contributed by atoms with Gasteiger partial charge in [0, 0.05) is 17.5 Å². The Morgan fingerprint density at radius 3 is 2.68 bits per heavy atom. The van der Waals surface area contributed by atoms with Gasteiger partial charge in [0.05, 0.1) is 0 Å². The fourth-order valence-electron chi connectivity index (χ4n) is 1.85. The first-order valence-corrected chi connectivity index (χ1v) is 6.75. The van der Waals surface area contributed by atoms with Crippen LogP contribution in [0.5, 0.6) is 5.75 Å². The van der Waals surface area contributed by atoms with E-state index in [4.69, 9.17) is 20.9 Å². The summed E-state index contributed by atoms with van der Waals surface area (Å²) in [5, 5.41) is 9.96. The molecular weight excluding hydrogens is 308 g/mol. The summed E-state index contributed by atoms with van der Waals surface area (Å²) in [5.41, 5.74) is 2.03. The molecule has 6 nitrogen and oxygen atoms in total. The molecule has 1 heterocycles. The van der Waals surface area contributed by atoms with Crippen LogP contribution in [0.25, 0.3) is 22.6 Å². The number of carbonyl (C=O) groups is 1. The van der Waals surface area contributed by atoms with Crippen LogP contribution in [0, 0.1) is 0 Å². The third kappa shape index (κ3) is 2.88. The Morgan fingerprint density at radius 2 is 2.00 bits per heavy atom. The SMILES string of the molecule is CC(=O)N(O)Oc1ccc(-c2nc3cc(Cl)ccc3o2)cc1. The van der Waals surface area contributed by atoms with Crippen LogP contribution in [0.4, 0.5) is 0 Å². The van der Waals surface area contributed by atoms with Crippen molar-refractivity contribution in [3.63, 3.8) is 0 Å². The van der Waals surface area contributed by atoms with Crippen LogP contribution >= 0.6 is 11.6 Å². The summed E-state index contributed by atoms with van der Waals surface area (Å²) >= 11 is 5.91. The predicted octanol–water partition coefficient (Wildman–Crippen LogP) is 3.68. The molecule has 0 bridgehead atoms. The lowest BCUT2D eigenvalue weighted by Gasteiger charge is -2.12. The first-order chi connectivity index (χ1) is 10.5. The lowest BCUT2D eigenvalue weighted by atomic mass is 10.2. The van der Waals surface area contributed by atoms with E-state index in [1.54, 1.807) is 42.5 Å². The van der Waals surface area contributed by atoms with E-state index < -0.39 is 5.91 Å². The summed E-state index contributed by atoms with van der Waals surface area (Å²) in [6.07, 6.45) is 0. The van der Waals surface area contributed by atoms with Crippen molar-refractivity contribution < 1.29 is 19.3 Å². The molecule has 0 fully saturated rings. The third-order valence-electron chi connectivity index (χ3n) is 2.91. The van der Waals surface area contributed by atoms with Crippen LogP contribution in [-0.4, -0.2) is 21.3 Å². The zero-order valence-electron chi connectivity index (χ0n) is 11.5. The van der Waals surface area contributed by atoms with E-state index >= 15 is 0 Å². The third-order valence-corrected chi connectivity index (χ3v) is 3.15. The molecule has 2 aromatic carbocycles. The van der Waals surface area contributed by atoms with Crippen LogP contribution in [0.3, 0.4) is 0 Å². The molecule has 1 N–H and O–H groups in total. The molecule has 0 aliphatic heterocycles. The Morgan fingerprint density at radius 1 is 1.27 bits per heavy atom. The first-order valence-electron chi connectivity index (χ1n) is 6.37. The largest absolute Gasteiger partial charge is 0.436 e. The molecule has 1 aromatic heterocycles. The highest BCUT2D eigenvalue weighted by atomic mass is 35.5. The Labute approximate surface area is 130 Å². The fraction of sp³-hybridized carbons (Fsp3) is 0.0667. The number of halogens is 1. The number of rotatable bonds is 3. The minimum Gasteiger partial charge on any atom is -0.436 e. The van der Waals surface area contributed by atoms with Gasteiger partial charge in [0.2, 0.25) is 5.89 Å². The lowest BCUT2D eigenvalue weighted by Crippen LogP contribution is -2.28. The molecule has 7 heteroatoms.